The lowest BCUT2D eigenvalue weighted by atomic mass is 9.87. The standard InChI is InChI=1S/C21H26N4O2S/c1-13-17(11-12-27-13)18-23-24-20(25(18)6)28-14(2)19(26)22-16-9-7-15(8-10-16)21(3,4)5/h7-12,14H,1-6H3,(H,22,26)/t14-/m0/s1. The molecule has 6 nitrogen and oxygen atoms in total. The van der Waals surface area contributed by atoms with Crippen LogP contribution in [0.4, 0.5) is 5.69 Å². The van der Waals surface area contributed by atoms with Crippen LogP contribution >= 0.6 is 11.8 Å². The first-order valence-corrected chi connectivity index (χ1v) is 10.1. The molecule has 0 fully saturated rings. The van der Waals surface area contributed by atoms with Crippen LogP contribution in [0.2, 0.25) is 0 Å². The molecule has 28 heavy (non-hydrogen) atoms. The monoisotopic (exact) mass is 398 g/mol. The van der Waals surface area contributed by atoms with Crippen LogP contribution in [0.5, 0.6) is 0 Å². The number of thioether (sulfide) groups is 1. The summed E-state index contributed by atoms with van der Waals surface area (Å²) in [5.74, 6) is 1.44. The molecule has 148 valence electrons. The van der Waals surface area contributed by atoms with Crippen LogP contribution in [0.1, 0.15) is 39.0 Å². The molecule has 0 aliphatic carbocycles. The second kappa shape index (κ2) is 7.83. The summed E-state index contributed by atoms with van der Waals surface area (Å²) in [4.78, 5) is 12.6. The van der Waals surface area contributed by atoms with E-state index >= 15 is 0 Å². The lowest BCUT2D eigenvalue weighted by Gasteiger charge is -2.19. The maximum absolute atomic E-state index is 12.6. The number of benzene rings is 1. The van der Waals surface area contributed by atoms with Gasteiger partial charge in [0.15, 0.2) is 11.0 Å². The molecule has 0 spiro atoms. The Morgan fingerprint density at radius 2 is 1.86 bits per heavy atom. The van der Waals surface area contributed by atoms with Gasteiger partial charge < -0.3 is 14.3 Å². The number of furan rings is 1. The Hall–Kier alpha value is -2.54. The zero-order chi connectivity index (χ0) is 20.5. The minimum absolute atomic E-state index is 0.0717. The van der Waals surface area contributed by atoms with Crippen LogP contribution in [0, 0.1) is 6.92 Å². The molecular formula is C21H26N4O2S. The van der Waals surface area contributed by atoms with Gasteiger partial charge in [0, 0.05) is 12.7 Å². The maximum atomic E-state index is 12.6. The molecule has 0 aliphatic rings. The Kier molecular flexibility index (Phi) is 5.65. The molecule has 0 radical (unpaired) electrons. The van der Waals surface area contributed by atoms with Crippen LogP contribution in [-0.4, -0.2) is 25.9 Å². The smallest absolute Gasteiger partial charge is 0.237 e. The Bertz CT molecular complexity index is 967. The molecule has 0 aliphatic heterocycles. The van der Waals surface area contributed by atoms with E-state index in [1.807, 2.05) is 43.7 Å². The fourth-order valence-corrected chi connectivity index (χ4v) is 3.59. The Morgan fingerprint density at radius 3 is 2.43 bits per heavy atom. The van der Waals surface area contributed by atoms with Crippen LogP contribution < -0.4 is 5.32 Å². The normalized spacial score (nSPS) is 12.8. The SMILES string of the molecule is Cc1occc1-c1nnc(S[C@@H](C)C(=O)Nc2ccc(C(C)(C)C)cc2)n1C. The van der Waals surface area contributed by atoms with Crippen molar-refractivity contribution in [1.82, 2.24) is 14.8 Å². The molecule has 7 heteroatoms. The van der Waals surface area contributed by atoms with Crippen molar-refractivity contribution in [2.24, 2.45) is 7.05 Å². The molecule has 1 N–H and O–H groups in total. The molecule has 0 saturated carbocycles. The molecular weight excluding hydrogens is 372 g/mol. The summed E-state index contributed by atoms with van der Waals surface area (Å²) in [6.07, 6.45) is 1.63. The molecule has 1 aromatic carbocycles. The van der Waals surface area contributed by atoms with E-state index in [1.165, 1.54) is 17.3 Å². The number of rotatable bonds is 5. The highest BCUT2D eigenvalue weighted by molar-refractivity contribution is 8.00. The largest absolute Gasteiger partial charge is 0.469 e. The fraction of sp³-hybridized carbons (Fsp3) is 0.381. The van der Waals surface area contributed by atoms with E-state index in [9.17, 15) is 4.79 Å². The van der Waals surface area contributed by atoms with Crippen molar-refractivity contribution in [2.45, 2.75) is 50.4 Å². The molecule has 0 saturated heterocycles. The van der Waals surface area contributed by atoms with Gasteiger partial charge in [-0.05, 0) is 43.0 Å². The van der Waals surface area contributed by atoms with E-state index < -0.39 is 0 Å². The molecule has 3 aromatic rings. The quantitative estimate of drug-likeness (QED) is 0.625. The zero-order valence-corrected chi connectivity index (χ0v) is 17.9. The minimum Gasteiger partial charge on any atom is -0.469 e. The summed E-state index contributed by atoms with van der Waals surface area (Å²) in [6.45, 7) is 10.2. The van der Waals surface area contributed by atoms with Gasteiger partial charge in [-0.3, -0.25) is 4.79 Å². The molecule has 3 rings (SSSR count). The zero-order valence-electron chi connectivity index (χ0n) is 17.1. The van der Waals surface area contributed by atoms with Gasteiger partial charge in [0.2, 0.25) is 5.91 Å². The molecule has 1 amide bonds. The number of hydrogen-bond donors (Lipinski definition) is 1. The fourth-order valence-electron chi connectivity index (χ4n) is 2.78. The van der Waals surface area contributed by atoms with Crippen molar-refractivity contribution in [3.63, 3.8) is 0 Å². The first kappa shape index (κ1) is 20.2. The number of amides is 1. The van der Waals surface area contributed by atoms with E-state index in [1.54, 1.807) is 6.26 Å². The highest BCUT2D eigenvalue weighted by atomic mass is 32.2. The lowest BCUT2D eigenvalue weighted by molar-refractivity contribution is -0.115. The van der Waals surface area contributed by atoms with Gasteiger partial charge in [-0.1, -0.05) is 44.7 Å². The number of nitrogens with one attached hydrogen (secondary N) is 1. The summed E-state index contributed by atoms with van der Waals surface area (Å²) < 4.78 is 7.23. The maximum Gasteiger partial charge on any atom is 0.237 e. The van der Waals surface area contributed by atoms with Crippen molar-refractivity contribution in [1.29, 1.82) is 0 Å². The summed E-state index contributed by atoms with van der Waals surface area (Å²) in [5.41, 5.74) is 3.01. The number of nitrogens with zero attached hydrogens (tertiary/aromatic N) is 3. The lowest BCUT2D eigenvalue weighted by Crippen LogP contribution is -2.23. The third-order valence-electron chi connectivity index (χ3n) is 4.60. The van der Waals surface area contributed by atoms with Gasteiger partial charge in [0.05, 0.1) is 17.1 Å². The Labute approximate surface area is 169 Å². The van der Waals surface area contributed by atoms with E-state index in [-0.39, 0.29) is 16.6 Å². The minimum atomic E-state index is -0.316. The topological polar surface area (TPSA) is 72.9 Å². The van der Waals surface area contributed by atoms with Gasteiger partial charge in [0.1, 0.15) is 5.76 Å². The average Bonchev–Trinajstić information content (AvgIpc) is 3.20. The number of carbonyl (C=O) groups is 1. The van der Waals surface area contributed by atoms with Gasteiger partial charge in [-0.15, -0.1) is 10.2 Å². The van der Waals surface area contributed by atoms with Crippen molar-refractivity contribution in [3.05, 3.63) is 47.9 Å². The highest BCUT2D eigenvalue weighted by Gasteiger charge is 2.21. The van der Waals surface area contributed by atoms with Crippen molar-refractivity contribution in [3.8, 4) is 11.4 Å². The van der Waals surface area contributed by atoms with E-state index in [4.69, 9.17) is 4.42 Å². The number of anilines is 1. The van der Waals surface area contributed by atoms with Crippen LogP contribution in [0.3, 0.4) is 0 Å². The van der Waals surface area contributed by atoms with Gasteiger partial charge in [-0.25, -0.2) is 0 Å². The number of aryl methyl sites for hydroxylation is 1. The van der Waals surface area contributed by atoms with E-state index in [0.717, 1.165) is 22.8 Å². The van der Waals surface area contributed by atoms with Crippen molar-refractivity contribution < 1.29 is 9.21 Å². The predicted octanol–water partition coefficient (Wildman–Crippen LogP) is 4.80. The van der Waals surface area contributed by atoms with Crippen molar-refractivity contribution in [2.75, 3.05) is 5.32 Å². The third kappa shape index (κ3) is 4.30. The van der Waals surface area contributed by atoms with Gasteiger partial charge >= 0.3 is 0 Å². The first-order chi connectivity index (χ1) is 13.2. The molecule has 2 heterocycles. The summed E-state index contributed by atoms with van der Waals surface area (Å²) in [6, 6.07) is 9.85. The van der Waals surface area contributed by atoms with Crippen molar-refractivity contribution >= 4 is 23.4 Å². The summed E-state index contributed by atoms with van der Waals surface area (Å²) in [5, 5.41) is 11.8. The molecule has 1 atom stereocenters. The second-order valence-corrected chi connectivity index (χ2v) is 9.14. The first-order valence-electron chi connectivity index (χ1n) is 9.18. The highest BCUT2D eigenvalue weighted by Crippen LogP contribution is 2.28. The van der Waals surface area contributed by atoms with Crippen LogP contribution in [-0.2, 0) is 17.3 Å². The third-order valence-corrected chi connectivity index (χ3v) is 5.74. The Morgan fingerprint density at radius 1 is 1.18 bits per heavy atom. The van der Waals surface area contributed by atoms with Crippen LogP contribution in [0.15, 0.2) is 46.2 Å². The van der Waals surface area contributed by atoms with Gasteiger partial charge in [-0.2, -0.15) is 0 Å². The number of aromatic nitrogens is 3. The summed E-state index contributed by atoms with van der Waals surface area (Å²) >= 11 is 1.38. The van der Waals surface area contributed by atoms with E-state index in [2.05, 4.69) is 48.4 Å². The molecule has 0 unspecified atom stereocenters. The number of hydrogen-bond acceptors (Lipinski definition) is 5. The van der Waals surface area contributed by atoms with Gasteiger partial charge in [0.25, 0.3) is 0 Å². The number of carbonyl (C=O) groups excluding carboxylic acids is 1. The molecule has 2 aromatic heterocycles. The van der Waals surface area contributed by atoms with E-state index in [0.29, 0.717) is 5.16 Å². The Balaban J connectivity index is 1.66. The summed E-state index contributed by atoms with van der Waals surface area (Å²) in [7, 11) is 1.89. The second-order valence-electron chi connectivity index (χ2n) is 7.83. The predicted molar refractivity (Wildman–Crippen MR) is 113 cm³/mol. The molecule has 0 bridgehead atoms. The van der Waals surface area contributed by atoms with Crippen LogP contribution in [0.25, 0.3) is 11.4 Å². The average molecular weight is 399 g/mol.